The number of aliphatic hydroxyl groups is 1. The van der Waals surface area contributed by atoms with Crippen molar-refractivity contribution in [1.29, 1.82) is 0 Å². The van der Waals surface area contributed by atoms with Gasteiger partial charge in [0.25, 0.3) is 0 Å². The predicted octanol–water partition coefficient (Wildman–Crippen LogP) is 2.78. The number of hydrogen-bond acceptors (Lipinski definition) is 2. The fourth-order valence-electron chi connectivity index (χ4n) is 1.27. The third-order valence-electron chi connectivity index (χ3n) is 2.28. The van der Waals surface area contributed by atoms with Gasteiger partial charge in [0.1, 0.15) is 0 Å². The Morgan fingerprint density at radius 2 is 1.87 bits per heavy atom. The SMILES string of the molecule is CCCCCC/C=C/C=C/CC(N)CO. The molecule has 0 aromatic heterocycles. The summed E-state index contributed by atoms with van der Waals surface area (Å²) in [6.07, 6.45) is 15.4. The molecule has 0 rings (SSSR count). The van der Waals surface area contributed by atoms with Crippen LogP contribution < -0.4 is 5.73 Å². The normalized spacial score (nSPS) is 14.1. The molecule has 3 N–H and O–H groups in total. The molecule has 2 heteroatoms. The van der Waals surface area contributed by atoms with Crippen LogP contribution in [-0.2, 0) is 0 Å². The van der Waals surface area contributed by atoms with Crippen LogP contribution in [0, 0.1) is 0 Å². The zero-order valence-corrected chi connectivity index (χ0v) is 9.86. The van der Waals surface area contributed by atoms with Crippen LogP contribution in [0.1, 0.15) is 45.4 Å². The number of hydrogen-bond donors (Lipinski definition) is 2. The minimum Gasteiger partial charge on any atom is -0.395 e. The Morgan fingerprint density at radius 3 is 2.53 bits per heavy atom. The zero-order chi connectivity index (χ0) is 11.4. The third kappa shape index (κ3) is 11.3. The second kappa shape index (κ2) is 11.5. The smallest absolute Gasteiger partial charge is 0.0585 e. The second-order valence-corrected chi connectivity index (χ2v) is 3.88. The molecule has 0 aliphatic heterocycles. The maximum absolute atomic E-state index is 8.68. The summed E-state index contributed by atoms with van der Waals surface area (Å²) in [7, 11) is 0. The van der Waals surface area contributed by atoms with Crippen LogP contribution in [0.25, 0.3) is 0 Å². The third-order valence-corrected chi connectivity index (χ3v) is 2.28. The van der Waals surface area contributed by atoms with Crippen molar-refractivity contribution >= 4 is 0 Å². The molecule has 1 unspecified atom stereocenters. The largest absolute Gasteiger partial charge is 0.395 e. The van der Waals surface area contributed by atoms with Gasteiger partial charge in [0.2, 0.25) is 0 Å². The van der Waals surface area contributed by atoms with Gasteiger partial charge in [-0.05, 0) is 19.3 Å². The van der Waals surface area contributed by atoms with Crippen molar-refractivity contribution in [1.82, 2.24) is 0 Å². The van der Waals surface area contributed by atoms with Crippen molar-refractivity contribution in [2.75, 3.05) is 6.61 Å². The van der Waals surface area contributed by atoms with Crippen molar-refractivity contribution in [2.45, 2.75) is 51.5 Å². The Hall–Kier alpha value is -0.600. The summed E-state index contributed by atoms with van der Waals surface area (Å²) in [6, 6.07) is -0.112. The molecule has 0 saturated carbocycles. The highest BCUT2D eigenvalue weighted by Crippen LogP contribution is 2.02. The Kier molecular flexibility index (Phi) is 11.0. The van der Waals surface area contributed by atoms with Gasteiger partial charge in [-0.15, -0.1) is 0 Å². The summed E-state index contributed by atoms with van der Waals surface area (Å²) in [4.78, 5) is 0. The molecule has 0 spiro atoms. The lowest BCUT2D eigenvalue weighted by Crippen LogP contribution is -2.22. The van der Waals surface area contributed by atoms with Crippen molar-refractivity contribution in [2.24, 2.45) is 5.73 Å². The number of nitrogens with two attached hydrogens (primary N) is 1. The molecule has 0 aromatic rings. The van der Waals surface area contributed by atoms with Gasteiger partial charge in [-0.25, -0.2) is 0 Å². The molecule has 0 aliphatic rings. The predicted molar refractivity (Wildman–Crippen MR) is 66.7 cm³/mol. The standard InChI is InChI=1S/C13H25NO/c1-2-3-4-5-6-7-8-9-10-11-13(14)12-15/h7-10,13,15H,2-6,11-12,14H2,1H3/b8-7+,10-9+. The average molecular weight is 211 g/mol. The Morgan fingerprint density at radius 1 is 1.13 bits per heavy atom. The van der Waals surface area contributed by atoms with Crippen LogP contribution in [0.3, 0.4) is 0 Å². The van der Waals surface area contributed by atoms with E-state index in [0.29, 0.717) is 0 Å². The Balaban J connectivity index is 3.29. The fourth-order valence-corrected chi connectivity index (χ4v) is 1.27. The fraction of sp³-hybridized carbons (Fsp3) is 0.692. The van der Waals surface area contributed by atoms with Gasteiger partial charge < -0.3 is 10.8 Å². The molecule has 0 amide bonds. The quantitative estimate of drug-likeness (QED) is 0.455. The van der Waals surface area contributed by atoms with Gasteiger partial charge >= 0.3 is 0 Å². The van der Waals surface area contributed by atoms with Crippen LogP contribution in [0.15, 0.2) is 24.3 Å². The zero-order valence-electron chi connectivity index (χ0n) is 9.86. The summed E-state index contributed by atoms with van der Waals surface area (Å²) in [5.74, 6) is 0. The van der Waals surface area contributed by atoms with E-state index >= 15 is 0 Å². The van der Waals surface area contributed by atoms with Crippen LogP contribution in [0.5, 0.6) is 0 Å². The molecule has 0 fully saturated rings. The van der Waals surface area contributed by atoms with Crippen LogP contribution >= 0.6 is 0 Å². The highest BCUT2D eigenvalue weighted by Gasteiger charge is 1.93. The number of allylic oxidation sites excluding steroid dienone is 3. The highest BCUT2D eigenvalue weighted by molar-refractivity contribution is 5.03. The summed E-state index contributed by atoms with van der Waals surface area (Å²) < 4.78 is 0. The van der Waals surface area contributed by atoms with Crippen molar-refractivity contribution in [3.05, 3.63) is 24.3 Å². The Bertz CT molecular complexity index is 175. The van der Waals surface area contributed by atoms with E-state index in [1.54, 1.807) is 0 Å². The first-order chi connectivity index (χ1) is 7.31. The molecule has 0 aliphatic carbocycles. The lowest BCUT2D eigenvalue weighted by molar-refractivity contribution is 0.266. The van der Waals surface area contributed by atoms with E-state index in [2.05, 4.69) is 19.1 Å². The first-order valence-electron chi connectivity index (χ1n) is 5.99. The Labute approximate surface area is 93.9 Å². The van der Waals surface area contributed by atoms with Crippen molar-refractivity contribution < 1.29 is 5.11 Å². The topological polar surface area (TPSA) is 46.2 Å². The van der Waals surface area contributed by atoms with Gasteiger partial charge in [0, 0.05) is 6.04 Å². The molecule has 0 radical (unpaired) electrons. The lowest BCUT2D eigenvalue weighted by atomic mass is 10.1. The number of unbranched alkanes of at least 4 members (excludes halogenated alkanes) is 4. The molecule has 0 heterocycles. The maximum atomic E-state index is 8.68. The average Bonchev–Trinajstić information content (AvgIpc) is 2.26. The molecule has 0 bridgehead atoms. The van der Waals surface area contributed by atoms with E-state index < -0.39 is 0 Å². The maximum Gasteiger partial charge on any atom is 0.0585 e. The van der Waals surface area contributed by atoms with Crippen LogP contribution in [0.4, 0.5) is 0 Å². The van der Waals surface area contributed by atoms with Crippen molar-refractivity contribution in [3.8, 4) is 0 Å². The van der Waals surface area contributed by atoms with Gasteiger partial charge in [-0.3, -0.25) is 0 Å². The molecule has 88 valence electrons. The van der Waals surface area contributed by atoms with Crippen molar-refractivity contribution in [3.63, 3.8) is 0 Å². The molecule has 0 saturated heterocycles. The molecular weight excluding hydrogens is 186 g/mol. The van der Waals surface area contributed by atoms with E-state index in [0.717, 1.165) is 12.8 Å². The highest BCUT2D eigenvalue weighted by atomic mass is 16.3. The van der Waals surface area contributed by atoms with E-state index in [1.165, 1.54) is 25.7 Å². The summed E-state index contributed by atoms with van der Waals surface area (Å²) in [6.45, 7) is 2.29. The summed E-state index contributed by atoms with van der Waals surface area (Å²) in [5, 5.41) is 8.68. The molecule has 0 aromatic carbocycles. The lowest BCUT2D eigenvalue weighted by Gasteiger charge is -2.01. The first-order valence-corrected chi connectivity index (χ1v) is 5.99. The first kappa shape index (κ1) is 14.4. The summed E-state index contributed by atoms with van der Waals surface area (Å²) in [5.41, 5.74) is 5.54. The molecular formula is C13H25NO. The van der Waals surface area contributed by atoms with Gasteiger partial charge in [0.15, 0.2) is 0 Å². The summed E-state index contributed by atoms with van der Waals surface area (Å²) >= 11 is 0. The van der Waals surface area contributed by atoms with Crippen LogP contribution in [0.2, 0.25) is 0 Å². The van der Waals surface area contributed by atoms with E-state index in [-0.39, 0.29) is 12.6 Å². The second-order valence-electron chi connectivity index (χ2n) is 3.88. The van der Waals surface area contributed by atoms with E-state index in [4.69, 9.17) is 10.8 Å². The number of aliphatic hydroxyl groups excluding tert-OH is 1. The minimum atomic E-state index is -0.112. The van der Waals surface area contributed by atoms with Gasteiger partial charge in [-0.1, -0.05) is 50.5 Å². The van der Waals surface area contributed by atoms with E-state index in [1.807, 2.05) is 12.2 Å². The molecule has 15 heavy (non-hydrogen) atoms. The number of rotatable bonds is 9. The minimum absolute atomic E-state index is 0.0606. The van der Waals surface area contributed by atoms with Gasteiger partial charge in [-0.2, -0.15) is 0 Å². The van der Waals surface area contributed by atoms with Gasteiger partial charge in [0.05, 0.1) is 6.61 Å². The van der Waals surface area contributed by atoms with E-state index in [9.17, 15) is 0 Å². The molecule has 2 nitrogen and oxygen atoms in total. The monoisotopic (exact) mass is 211 g/mol. The van der Waals surface area contributed by atoms with Crippen LogP contribution in [-0.4, -0.2) is 17.8 Å². The molecule has 1 atom stereocenters.